The van der Waals surface area contributed by atoms with Gasteiger partial charge in [0, 0.05) is 12.4 Å². The van der Waals surface area contributed by atoms with E-state index in [0.717, 1.165) is 27.5 Å². The summed E-state index contributed by atoms with van der Waals surface area (Å²) in [7, 11) is 1.88. The van der Waals surface area contributed by atoms with Gasteiger partial charge >= 0.3 is 0 Å². The summed E-state index contributed by atoms with van der Waals surface area (Å²) < 4.78 is 15.3. The van der Waals surface area contributed by atoms with Crippen molar-refractivity contribution in [2.24, 2.45) is 7.05 Å². The van der Waals surface area contributed by atoms with Gasteiger partial charge in [0.05, 0.1) is 28.8 Å². The van der Waals surface area contributed by atoms with E-state index in [4.69, 9.17) is 0 Å². The van der Waals surface area contributed by atoms with E-state index < -0.39 is 0 Å². The quantitative estimate of drug-likeness (QED) is 0.606. The Hall–Kier alpha value is -2.89. The van der Waals surface area contributed by atoms with Crippen LogP contribution in [-0.2, 0) is 7.05 Å². The zero-order chi connectivity index (χ0) is 16.0. The first-order chi connectivity index (χ1) is 11.1. The molecule has 0 aliphatic carbocycles. The first-order valence-electron chi connectivity index (χ1n) is 7.43. The number of aromatic amines is 1. The lowest BCUT2D eigenvalue weighted by molar-refractivity contribution is 0.629. The molecule has 23 heavy (non-hydrogen) atoms. The molecule has 5 nitrogen and oxygen atoms in total. The largest absolute Gasteiger partial charge is 0.349 e. The molecule has 2 aromatic heterocycles. The highest BCUT2D eigenvalue weighted by Crippen LogP contribution is 2.25. The number of benzene rings is 2. The Bertz CT molecular complexity index is 1000. The fraction of sp³-hybridized carbons (Fsp3) is 0.176. The lowest BCUT2D eigenvalue weighted by Crippen LogP contribution is -2.10. The maximum atomic E-state index is 13.4. The number of anilines is 1. The molecule has 0 radical (unpaired) electrons. The van der Waals surface area contributed by atoms with Gasteiger partial charge in [0.25, 0.3) is 0 Å². The zero-order valence-corrected chi connectivity index (χ0v) is 12.8. The van der Waals surface area contributed by atoms with E-state index >= 15 is 0 Å². The van der Waals surface area contributed by atoms with Crippen LogP contribution < -0.4 is 5.32 Å². The predicted octanol–water partition coefficient (Wildman–Crippen LogP) is 3.76. The number of rotatable bonds is 3. The summed E-state index contributed by atoms with van der Waals surface area (Å²) in [6.07, 6.45) is 1.81. The van der Waals surface area contributed by atoms with Crippen LogP contribution in [0.5, 0.6) is 0 Å². The van der Waals surface area contributed by atoms with E-state index in [0.29, 0.717) is 5.95 Å². The molecule has 2 aromatic carbocycles. The van der Waals surface area contributed by atoms with Crippen LogP contribution in [0.15, 0.2) is 42.6 Å². The number of fused-ring (bicyclic) bond motifs is 2. The molecule has 4 rings (SSSR count). The van der Waals surface area contributed by atoms with Crippen LogP contribution in [0.25, 0.3) is 21.9 Å². The summed E-state index contributed by atoms with van der Waals surface area (Å²) in [5, 5.41) is 11.4. The fourth-order valence-corrected chi connectivity index (χ4v) is 2.80. The third-order valence-corrected chi connectivity index (χ3v) is 4.15. The lowest BCUT2D eigenvalue weighted by atomic mass is 10.1. The van der Waals surface area contributed by atoms with Crippen LogP contribution in [0, 0.1) is 5.82 Å². The molecule has 0 bridgehead atoms. The Balaban J connectivity index is 1.67. The molecular formula is C17H16FN5. The second-order valence-electron chi connectivity index (χ2n) is 5.71. The van der Waals surface area contributed by atoms with Gasteiger partial charge in [-0.15, -0.1) is 0 Å². The first kappa shape index (κ1) is 13.8. The van der Waals surface area contributed by atoms with Crippen molar-refractivity contribution in [2.75, 3.05) is 5.32 Å². The highest BCUT2D eigenvalue weighted by molar-refractivity contribution is 5.80. The van der Waals surface area contributed by atoms with Gasteiger partial charge in [-0.25, -0.2) is 9.37 Å². The summed E-state index contributed by atoms with van der Waals surface area (Å²) in [6.45, 7) is 2.07. The molecule has 0 saturated carbocycles. The fourth-order valence-electron chi connectivity index (χ4n) is 2.80. The minimum Gasteiger partial charge on any atom is -0.349 e. The summed E-state index contributed by atoms with van der Waals surface area (Å²) in [5.41, 5.74) is 3.69. The molecule has 0 amide bonds. The molecule has 2 heterocycles. The van der Waals surface area contributed by atoms with E-state index in [9.17, 15) is 4.39 Å². The standard InChI is InChI=1S/C17H16FN5/c1-10(11-3-5-14-12(7-11)9-19-22-14)20-17-21-15-6-4-13(18)8-16(15)23(17)2/h3-10H,1-2H3,(H,19,22)(H,20,21). The van der Waals surface area contributed by atoms with Crippen molar-refractivity contribution < 1.29 is 4.39 Å². The smallest absolute Gasteiger partial charge is 0.204 e. The highest BCUT2D eigenvalue weighted by Gasteiger charge is 2.13. The van der Waals surface area contributed by atoms with Crippen molar-refractivity contribution in [2.45, 2.75) is 13.0 Å². The summed E-state index contributed by atoms with van der Waals surface area (Å²) in [4.78, 5) is 4.54. The van der Waals surface area contributed by atoms with Crippen LogP contribution in [0.3, 0.4) is 0 Å². The zero-order valence-electron chi connectivity index (χ0n) is 12.8. The Kier molecular flexibility index (Phi) is 3.04. The number of imidazole rings is 1. The Labute approximate surface area is 132 Å². The van der Waals surface area contributed by atoms with Crippen molar-refractivity contribution in [3.63, 3.8) is 0 Å². The number of H-pyrrole nitrogens is 1. The molecule has 0 aliphatic heterocycles. The normalized spacial score (nSPS) is 12.8. The molecule has 1 unspecified atom stereocenters. The van der Waals surface area contributed by atoms with Crippen molar-refractivity contribution in [1.29, 1.82) is 0 Å². The molecule has 1 atom stereocenters. The van der Waals surface area contributed by atoms with Gasteiger partial charge < -0.3 is 9.88 Å². The van der Waals surface area contributed by atoms with Crippen LogP contribution in [0.2, 0.25) is 0 Å². The van der Waals surface area contributed by atoms with Gasteiger partial charge in [-0.1, -0.05) is 6.07 Å². The average molecular weight is 309 g/mol. The van der Waals surface area contributed by atoms with Gasteiger partial charge in [-0.2, -0.15) is 5.10 Å². The number of aromatic nitrogens is 4. The van der Waals surface area contributed by atoms with Crippen molar-refractivity contribution >= 4 is 27.9 Å². The van der Waals surface area contributed by atoms with Crippen LogP contribution >= 0.6 is 0 Å². The van der Waals surface area contributed by atoms with E-state index in [2.05, 4.69) is 39.6 Å². The van der Waals surface area contributed by atoms with Gasteiger partial charge in [0.15, 0.2) is 0 Å². The number of hydrogen-bond acceptors (Lipinski definition) is 3. The maximum Gasteiger partial charge on any atom is 0.204 e. The predicted molar refractivity (Wildman–Crippen MR) is 88.8 cm³/mol. The lowest BCUT2D eigenvalue weighted by Gasteiger charge is -2.15. The van der Waals surface area contributed by atoms with Crippen LogP contribution in [0.1, 0.15) is 18.5 Å². The van der Waals surface area contributed by atoms with Crippen LogP contribution in [-0.4, -0.2) is 19.7 Å². The molecule has 0 spiro atoms. The Morgan fingerprint density at radius 3 is 2.96 bits per heavy atom. The molecule has 0 aliphatic rings. The monoisotopic (exact) mass is 309 g/mol. The molecule has 6 heteroatoms. The van der Waals surface area contributed by atoms with Gasteiger partial charge in [-0.05, 0) is 42.8 Å². The number of nitrogens with one attached hydrogen (secondary N) is 2. The van der Waals surface area contributed by atoms with E-state index in [-0.39, 0.29) is 11.9 Å². The van der Waals surface area contributed by atoms with Crippen LogP contribution in [0.4, 0.5) is 10.3 Å². The van der Waals surface area contributed by atoms with Gasteiger partial charge in [0.1, 0.15) is 5.82 Å². The minimum atomic E-state index is -0.259. The summed E-state index contributed by atoms with van der Waals surface area (Å²) in [6, 6.07) is 10.8. The molecule has 0 fully saturated rings. The van der Waals surface area contributed by atoms with Gasteiger partial charge in [-0.3, -0.25) is 5.10 Å². The SMILES string of the molecule is CC(Nc1nc2ccc(F)cc2n1C)c1ccc2[nH]ncc2c1. The Morgan fingerprint density at radius 1 is 1.22 bits per heavy atom. The third kappa shape index (κ3) is 2.32. The average Bonchev–Trinajstić information content (AvgIpc) is 3.12. The van der Waals surface area contributed by atoms with Crippen molar-refractivity contribution in [3.8, 4) is 0 Å². The van der Waals surface area contributed by atoms with E-state index in [1.54, 1.807) is 6.07 Å². The summed E-state index contributed by atoms with van der Waals surface area (Å²) in [5.74, 6) is 0.455. The molecule has 4 aromatic rings. The maximum absolute atomic E-state index is 13.4. The molecule has 2 N–H and O–H groups in total. The van der Waals surface area contributed by atoms with Crippen molar-refractivity contribution in [1.82, 2.24) is 19.7 Å². The van der Waals surface area contributed by atoms with E-state index in [1.165, 1.54) is 12.1 Å². The number of nitrogens with zero attached hydrogens (tertiary/aromatic N) is 3. The highest BCUT2D eigenvalue weighted by atomic mass is 19.1. The molecule has 0 saturated heterocycles. The number of hydrogen-bond donors (Lipinski definition) is 2. The number of halogens is 1. The first-order valence-corrected chi connectivity index (χ1v) is 7.43. The number of aryl methyl sites for hydroxylation is 1. The second kappa shape index (κ2) is 5.08. The van der Waals surface area contributed by atoms with E-state index in [1.807, 2.05) is 23.9 Å². The molecular weight excluding hydrogens is 293 g/mol. The Morgan fingerprint density at radius 2 is 2.09 bits per heavy atom. The van der Waals surface area contributed by atoms with Crippen molar-refractivity contribution in [3.05, 3.63) is 54.0 Å². The summed E-state index contributed by atoms with van der Waals surface area (Å²) >= 11 is 0. The third-order valence-electron chi connectivity index (χ3n) is 4.15. The topological polar surface area (TPSA) is 58.5 Å². The minimum absolute atomic E-state index is 0.0645. The van der Waals surface area contributed by atoms with Gasteiger partial charge in [0.2, 0.25) is 5.95 Å². The molecule has 116 valence electrons. The second-order valence-corrected chi connectivity index (χ2v) is 5.71.